The number of ether oxygens (including phenoxy) is 1. The smallest absolute Gasteiger partial charge is 0.321 e. The number of aromatic nitrogens is 1. The van der Waals surface area contributed by atoms with E-state index in [-0.39, 0.29) is 11.6 Å². The molecular formula is C23H19F2N5O2. The molecular weight excluding hydrogens is 416 g/mol. The van der Waals surface area contributed by atoms with Crippen LogP contribution in [-0.2, 0) is 0 Å². The van der Waals surface area contributed by atoms with Crippen molar-refractivity contribution in [3.63, 3.8) is 0 Å². The molecule has 0 atom stereocenters. The van der Waals surface area contributed by atoms with Crippen LogP contribution < -0.4 is 15.4 Å². The quantitative estimate of drug-likeness (QED) is 0.643. The van der Waals surface area contributed by atoms with Crippen molar-refractivity contribution in [2.45, 2.75) is 0 Å². The van der Waals surface area contributed by atoms with Gasteiger partial charge in [-0.05, 0) is 35.9 Å². The topological polar surface area (TPSA) is 90.3 Å². The van der Waals surface area contributed by atoms with Crippen molar-refractivity contribution in [3.8, 4) is 28.7 Å². The van der Waals surface area contributed by atoms with Crippen molar-refractivity contribution in [1.29, 1.82) is 5.26 Å². The largest absolute Gasteiger partial charge is 0.456 e. The number of anilines is 1. The Morgan fingerprint density at radius 2 is 1.84 bits per heavy atom. The van der Waals surface area contributed by atoms with Crippen molar-refractivity contribution in [2.75, 3.05) is 31.5 Å². The van der Waals surface area contributed by atoms with Gasteiger partial charge in [0.15, 0.2) is 11.6 Å². The summed E-state index contributed by atoms with van der Waals surface area (Å²) in [6.07, 6.45) is 2.98. The number of nitrogens with one attached hydrogen (secondary N) is 2. The van der Waals surface area contributed by atoms with Gasteiger partial charge < -0.3 is 20.3 Å². The van der Waals surface area contributed by atoms with Crippen LogP contribution in [-0.4, -0.2) is 42.1 Å². The fraction of sp³-hybridized carbons (Fsp3) is 0.174. The molecule has 0 unspecified atom stereocenters. The van der Waals surface area contributed by atoms with Crippen LogP contribution in [0.4, 0.5) is 19.3 Å². The van der Waals surface area contributed by atoms with Crippen LogP contribution in [0.5, 0.6) is 11.5 Å². The first-order chi connectivity index (χ1) is 15.5. The lowest BCUT2D eigenvalue weighted by Crippen LogP contribution is -2.48. The molecule has 1 aliphatic heterocycles. The molecule has 0 aliphatic carbocycles. The lowest BCUT2D eigenvalue weighted by Gasteiger charge is -2.27. The van der Waals surface area contributed by atoms with Gasteiger partial charge in [0.25, 0.3) is 0 Å². The van der Waals surface area contributed by atoms with Crippen LogP contribution in [0.3, 0.4) is 0 Å². The Morgan fingerprint density at radius 3 is 2.59 bits per heavy atom. The summed E-state index contributed by atoms with van der Waals surface area (Å²) in [7, 11) is 0. The molecule has 9 heteroatoms. The van der Waals surface area contributed by atoms with Crippen molar-refractivity contribution >= 4 is 11.7 Å². The average Bonchev–Trinajstić information content (AvgIpc) is 2.82. The molecule has 2 N–H and O–H groups in total. The first-order valence-electron chi connectivity index (χ1n) is 9.92. The molecule has 1 fully saturated rings. The number of rotatable bonds is 4. The number of carbonyl (C=O) groups excluding carboxylic acids is 1. The van der Waals surface area contributed by atoms with E-state index in [1.54, 1.807) is 23.1 Å². The fourth-order valence-corrected chi connectivity index (χ4v) is 3.29. The van der Waals surface area contributed by atoms with Gasteiger partial charge in [0.2, 0.25) is 0 Å². The zero-order valence-electron chi connectivity index (χ0n) is 16.9. The van der Waals surface area contributed by atoms with E-state index in [4.69, 9.17) is 4.74 Å². The van der Waals surface area contributed by atoms with Crippen molar-refractivity contribution in [3.05, 3.63) is 72.1 Å². The molecule has 162 valence electrons. The number of hydrogen-bond donors (Lipinski definition) is 2. The standard InChI is InChI=1S/C23H19F2N5O2/c24-20-3-1-15(11-21(20)25)17-10-19(14-28-13-17)32-18-2-4-22(16(9-18)12-26)29-23(31)30-7-5-27-6-8-30/h1-4,9-11,13-14,27H,5-8H2,(H,29,31). The Balaban J connectivity index is 1.50. The molecule has 7 nitrogen and oxygen atoms in total. The van der Waals surface area contributed by atoms with Crippen LogP contribution in [0.2, 0.25) is 0 Å². The van der Waals surface area contributed by atoms with E-state index >= 15 is 0 Å². The summed E-state index contributed by atoms with van der Waals surface area (Å²) in [5, 5.41) is 15.5. The molecule has 2 amide bonds. The number of halogens is 2. The van der Waals surface area contributed by atoms with Crippen LogP contribution >= 0.6 is 0 Å². The minimum atomic E-state index is -0.953. The van der Waals surface area contributed by atoms with Crippen LogP contribution in [0.15, 0.2) is 54.9 Å². The number of nitriles is 1. The second-order valence-electron chi connectivity index (χ2n) is 7.13. The molecule has 3 aromatic rings. The van der Waals surface area contributed by atoms with Gasteiger partial charge in [-0.25, -0.2) is 13.6 Å². The molecule has 1 aromatic heterocycles. The summed E-state index contributed by atoms with van der Waals surface area (Å²) in [5.74, 6) is -1.16. The Labute approximate surface area is 183 Å². The van der Waals surface area contributed by atoms with Crippen LogP contribution in [0, 0.1) is 23.0 Å². The molecule has 1 saturated heterocycles. The molecule has 0 radical (unpaired) electrons. The lowest BCUT2D eigenvalue weighted by atomic mass is 10.1. The summed E-state index contributed by atoms with van der Waals surface area (Å²) in [6, 6.07) is 11.7. The van der Waals surface area contributed by atoms with Crippen LogP contribution in [0.1, 0.15) is 5.56 Å². The van der Waals surface area contributed by atoms with Gasteiger partial charge in [0.05, 0.1) is 17.4 Å². The molecule has 0 spiro atoms. The van der Waals surface area contributed by atoms with Crippen molar-refractivity contribution in [1.82, 2.24) is 15.2 Å². The zero-order chi connectivity index (χ0) is 22.5. The Morgan fingerprint density at radius 1 is 1.03 bits per heavy atom. The maximum Gasteiger partial charge on any atom is 0.321 e. The maximum atomic E-state index is 13.5. The van der Waals surface area contributed by atoms with Crippen molar-refractivity contribution in [2.24, 2.45) is 0 Å². The third-order valence-corrected chi connectivity index (χ3v) is 4.96. The first kappa shape index (κ1) is 21.2. The SMILES string of the molecule is N#Cc1cc(Oc2cncc(-c3ccc(F)c(F)c3)c2)ccc1NC(=O)N1CCNCC1. The highest BCUT2D eigenvalue weighted by Crippen LogP contribution is 2.29. The van der Waals surface area contributed by atoms with Gasteiger partial charge in [0, 0.05) is 44.0 Å². The summed E-state index contributed by atoms with van der Waals surface area (Å²) in [4.78, 5) is 18.2. The van der Waals surface area contributed by atoms with Crippen molar-refractivity contribution < 1.29 is 18.3 Å². The van der Waals surface area contributed by atoms with E-state index in [1.807, 2.05) is 0 Å². The van der Waals surface area contributed by atoms with E-state index in [2.05, 4.69) is 21.7 Å². The minimum absolute atomic E-state index is 0.246. The number of nitrogens with zero attached hydrogens (tertiary/aromatic N) is 3. The Kier molecular flexibility index (Phi) is 6.24. The van der Waals surface area contributed by atoms with E-state index in [9.17, 15) is 18.8 Å². The molecule has 1 aliphatic rings. The number of benzene rings is 2. The molecule has 0 saturated carbocycles. The van der Waals surface area contributed by atoms with Gasteiger partial charge >= 0.3 is 6.03 Å². The van der Waals surface area contributed by atoms with E-state index in [0.717, 1.165) is 25.2 Å². The average molecular weight is 435 g/mol. The van der Waals surface area contributed by atoms with E-state index < -0.39 is 11.6 Å². The number of urea groups is 1. The Hall–Kier alpha value is -4.03. The molecule has 32 heavy (non-hydrogen) atoms. The highest BCUT2D eigenvalue weighted by atomic mass is 19.2. The van der Waals surface area contributed by atoms with E-state index in [0.29, 0.717) is 41.4 Å². The monoisotopic (exact) mass is 435 g/mol. The molecule has 4 rings (SSSR count). The number of hydrogen-bond acceptors (Lipinski definition) is 5. The maximum absolute atomic E-state index is 13.5. The normalized spacial score (nSPS) is 13.3. The minimum Gasteiger partial charge on any atom is -0.456 e. The summed E-state index contributed by atoms with van der Waals surface area (Å²) >= 11 is 0. The summed E-state index contributed by atoms with van der Waals surface area (Å²) in [5.41, 5.74) is 1.63. The lowest BCUT2D eigenvalue weighted by molar-refractivity contribution is 0.204. The van der Waals surface area contributed by atoms with Gasteiger partial charge in [-0.1, -0.05) is 6.07 Å². The first-order valence-corrected chi connectivity index (χ1v) is 9.92. The molecule has 0 bridgehead atoms. The summed E-state index contributed by atoms with van der Waals surface area (Å²) in [6.45, 7) is 2.64. The third-order valence-electron chi connectivity index (χ3n) is 4.96. The molecule has 2 aromatic carbocycles. The second-order valence-corrected chi connectivity index (χ2v) is 7.13. The van der Waals surface area contributed by atoms with Gasteiger partial charge in [0.1, 0.15) is 17.6 Å². The number of piperazine rings is 1. The highest BCUT2D eigenvalue weighted by Gasteiger charge is 2.17. The Bertz CT molecular complexity index is 1190. The van der Waals surface area contributed by atoms with Crippen LogP contribution in [0.25, 0.3) is 11.1 Å². The number of carbonyl (C=O) groups is 1. The van der Waals surface area contributed by atoms with Gasteiger partial charge in [-0.2, -0.15) is 5.26 Å². The third kappa shape index (κ3) is 4.82. The molecule has 2 heterocycles. The fourth-order valence-electron chi connectivity index (χ4n) is 3.29. The predicted octanol–water partition coefficient (Wildman–Crippen LogP) is 4.13. The zero-order valence-corrected chi connectivity index (χ0v) is 16.9. The van der Waals surface area contributed by atoms with Gasteiger partial charge in [-0.15, -0.1) is 0 Å². The summed E-state index contributed by atoms with van der Waals surface area (Å²) < 4.78 is 32.5. The highest BCUT2D eigenvalue weighted by molar-refractivity contribution is 5.91. The second kappa shape index (κ2) is 9.41. The predicted molar refractivity (Wildman–Crippen MR) is 114 cm³/mol. The number of amides is 2. The van der Waals surface area contributed by atoms with E-state index in [1.165, 1.54) is 24.5 Å². The number of pyridine rings is 1. The van der Waals surface area contributed by atoms with Gasteiger partial charge in [-0.3, -0.25) is 4.98 Å².